The molecule has 0 saturated carbocycles. The third-order valence-electron chi connectivity index (χ3n) is 1.40. The van der Waals surface area contributed by atoms with E-state index in [0.29, 0.717) is 8.58 Å². The molecule has 2 nitrogen and oxygen atoms in total. The molecule has 0 spiro atoms. The molecule has 1 fully saturated rings. The summed E-state index contributed by atoms with van der Waals surface area (Å²) in [7, 11) is 0.705. The number of cyclic esters (lactones) is 1. The number of carbonyl (C=O) groups is 1. The van der Waals surface area contributed by atoms with E-state index in [4.69, 9.17) is 4.74 Å². The van der Waals surface area contributed by atoms with Gasteiger partial charge in [-0.15, -0.1) is 8.58 Å². The fourth-order valence-electron chi connectivity index (χ4n) is 0.985. The Labute approximate surface area is 62.4 Å². The van der Waals surface area contributed by atoms with Gasteiger partial charge in [0, 0.05) is 12.0 Å². The highest BCUT2D eigenvalue weighted by Crippen LogP contribution is 2.23. The van der Waals surface area contributed by atoms with Crippen molar-refractivity contribution >= 4 is 14.6 Å². The molecule has 56 valence electrons. The first kappa shape index (κ1) is 7.74. The number of hydrogen-bond donors (Lipinski definition) is 0. The Morgan fingerprint density at radius 3 is 2.90 bits per heavy atom. The highest BCUT2D eigenvalue weighted by molar-refractivity contribution is 7.40. The van der Waals surface area contributed by atoms with Gasteiger partial charge in [-0.2, -0.15) is 0 Å². The molecule has 1 aliphatic heterocycles. The van der Waals surface area contributed by atoms with Crippen LogP contribution in [0.15, 0.2) is 11.4 Å². The van der Waals surface area contributed by atoms with Crippen LogP contribution < -0.4 is 0 Å². The molecule has 0 amide bonds. The average Bonchev–Trinajstić information content (AvgIpc) is 2.13. The third kappa shape index (κ3) is 1.57. The monoisotopic (exact) mass is 158 g/mol. The van der Waals surface area contributed by atoms with Gasteiger partial charge in [-0.3, -0.25) is 0 Å². The lowest BCUT2D eigenvalue weighted by Gasteiger charge is -1.94. The van der Waals surface area contributed by atoms with Gasteiger partial charge >= 0.3 is 5.97 Å². The van der Waals surface area contributed by atoms with E-state index >= 15 is 0 Å². The van der Waals surface area contributed by atoms with E-state index in [-0.39, 0.29) is 12.1 Å². The molecule has 3 heteroatoms. The van der Waals surface area contributed by atoms with E-state index in [1.54, 1.807) is 0 Å². The Kier molecular flexibility index (Phi) is 2.44. The fraction of sp³-hybridized carbons (Fsp3) is 0.571. The van der Waals surface area contributed by atoms with E-state index in [2.05, 4.69) is 0 Å². The number of ether oxygens (including phenoxy) is 1. The summed E-state index contributed by atoms with van der Waals surface area (Å²) in [5.41, 5.74) is 0.855. The Morgan fingerprint density at radius 1 is 1.80 bits per heavy atom. The van der Waals surface area contributed by atoms with E-state index < -0.39 is 0 Å². The highest BCUT2D eigenvalue weighted by atomic mass is 31.1. The molecule has 0 aromatic rings. The van der Waals surface area contributed by atoms with Crippen molar-refractivity contribution in [1.82, 2.24) is 0 Å². The molecule has 0 aromatic heterocycles. The first-order chi connectivity index (χ1) is 4.74. The van der Waals surface area contributed by atoms with Crippen LogP contribution in [0.4, 0.5) is 0 Å². The van der Waals surface area contributed by atoms with Gasteiger partial charge < -0.3 is 4.74 Å². The summed E-state index contributed by atoms with van der Waals surface area (Å²) in [6.45, 7) is 3.96. The third-order valence-corrected chi connectivity index (χ3v) is 2.03. The topological polar surface area (TPSA) is 26.3 Å². The van der Waals surface area contributed by atoms with Crippen LogP contribution in [0.3, 0.4) is 0 Å². The lowest BCUT2D eigenvalue weighted by molar-refractivity contribution is -0.138. The predicted molar refractivity (Wildman–Crippen MR) is 42.5 cm³/mol. The minimum Gasteiger partial charge on any atom is -0.459 e. The van der Waals surface area contributed by atoms with E-state index in [1.165, 1.54) is 0 Å². The average molecular weight is 158 g/mol. The van der Waals surface area contributed by atoms with Gasteiger partial charge in [-0.1, -0.05) is 5.82 Å². The predicted octanol–water partition coefficient (Wildman–Crippen LogP) is 1.51. The summed E-state index contributed by atoms with van der Waals surface area (Å²) >= 11 is 0. The van der Waals surface area contributed by atoms with E-state index in [1.807, 2.05) is 19.4 Å². The van der Waals surface area contributed by atoms with Crippen LogP contribution in [0.2, 0.25) is 0 Å². The van der Waals surface area contributed by atoms with Crippen LogP contribution in [0, 0.1) is 0 Å². The zero-order valence-corrected chi connectivity index (χ0v) is 7.18. The van der Waals surface area contributed by atoms with Crippen molar-refractivity contribution in [1.29, 1.82) is 0 Å². The molecular formula is C7H11O2P. The van der Waals surface area contributed by atoms with Gasteiger partial charge in [0.15, 0.2) is 0 Å². The molecule has 0 N–H and O–H groups in total. The first-order valence-corrected chi connectivity index (χ1v) is 4.89. The molecule has 1 aliphatic rings. The molecule has 0 aromatic carbocycles. The molecule has 1 rings (SSSR count). The number of esters is 1. The lowest BCUT2D eigenvalue weighted by atomic mass is 10.2. The molecule has 2 atom stereocenters. The molecule has 10 heavy (non-hydrogen) atoms. The highest BCUT2D eigenvalue weighted by Gasteiger charge is 2.24. The van der Waals surface area contributed by atoms with E-state index in [9.17, 15) is 4.79 Å². The standard InChI is InChI=1S/C7H11O2P/c1-5-3-6(4-10-2)7(8)9-5/h4-5,10H,3H2,1-2H3/b6-4-. The maximum atomic E-state index is 10.9. The second-order valence-corrected chi connectivity index (χ2v) is 3.24. The Hall–Kier alpha value is -0.360. The van der Waals surface area contributed by atoms with Gasteiger partial charge in [0.2, 0.25) is 0 Å². The summed E-state index contributed by atoms with van der Waals surface area (Å²) in [5.74, 6) is 1.84. The van der Waals surface area contributed by atoms with Crippen molar-refractivity contribution in [2.24, 2.45) is 0 Å². The molecule has 0 bridgehead atoms. The van der Waals surface area contributed by atoms with Gasteiger partial charge in [-0.05, 0) is 13.6 Å². The van der Waals surface area contributed by atoms with Gasteiger partial charge in [-0.25, -0.2) is 4.79 Å². The maximum absolute atomic E-state index is 10.9. The second kappa shape index (κ2) is 3.16. The number of rotatable bonds is 1. The van der Waals surface area contributed by atoms with Crippen LogP contribution in [0.25, 0.3) is 0 Å². The second-order valence-electron chi connectivity index (χ2n) is 2.38. The summed E-state index contributed by atoms with van der Waals surface area (Å²) in [4.78, 5) is 10.9. The molecule has 1 heterocycles. The Morgan fingerprint density at radius 2 is 2.50 bits per heavy atom. The summed E-state index contributed by atoms with van der Waals surface area (Å²) in [6, 6.07) is 0. The summed E-state index contributed by atoms with van der Waals surface area (Å²) in [5, 5.41) is 0. The number of hydrogen-bond acceptors (Lipinski definition) is 2. The largest absolute Gasteiger partial charge is 0.459 e. The van der Waals surface area contributed by atoms with Crippen molar-refractivity contribution in [3.63, 3.8) is 0 Å². The Balaban J connectivity index is 2.63. The summed E-state index contributed by atoms with van der Waals surface area (Å²) in [6.07, 6.45) is 0.884. The van der Waals surface area contributed by atoms with Crippen molar-refractivity contribution < 1.29 is 9.53 Å². The number of carbonyl (C=O) groups excluding carboxylic acids is 1. The van der Waals surface area contributed by atoms with Gasteiger partial charge in [0.25, 0.3) is 0 Å². The molecule has 0 aliphatic carbocycles. The first-order valence-electron chi connectivity index (χ1n) is 3.31. The van der Waals surface area contributed by atoms with Crippen LogP contribution in [-0.4, -0.2) is 18.7 Å². The van der Waals surface area contributed by atoms with Crippen molar-refractivity contribution in [2.75, 3.05) is 6.66 Å². The van der Waals surface area contributed by atoms with Gasteiger partial charge in [0.05, 0.1) is 0 Å². The molecular weight excluding hydrogens is 147 g/mol. The smallest absolute Gasteiger partial charge is 0.334 e. The lowest BCUT2D eigenvalue weighted by Crippen LogP contribution is -1.99. The van der Waals surface area contributed by atoms with Gasteiger partial charge in [0.1, 0.15) is 6.10 Å². The Bertz CT molecular complexity index is 174. The van der Waals surface area contributed by atoms with Crippen molar-refractivity contribution in [2.45, 2.75) is 19.4 Å². The van der Waals surface area contributed by atoms with Crippen molar-refractivity contribution in [3.05, 3.63) is 11.4 Å². The minimum absolute atomic E-state index is 0.0927. The molecule has 0 radical (unpaired) electrons. The maximum Gasteiger partial charge on any atom is 0.334 e. The quantitative estimate of drug-likeness (QED) is 0.328. The summed E-state index contributed by atoms with van der Waals surface area (Å²) < 4.78 is 4.92. The van der Waals surface area contributed by atoms with Crippen LogP contribution in [0.5, 0.6) is 0 Å². The SMILES string of the molecule is CP/C=C1/CC(C)OC1=O. The molecule has 1 saturated heterocycles. The van der Waals surface area contributed by atoms with E-state index in [0.717, 1.165) is 12.0 Å². The zero-order chi connectivity index (χ0) is 7.56. The molecule has 2 unspecified atom stereocenters. The normalized spacial score (nSPS) is 30.4. The fourth-order valence-corrected chi connectivity index (χ4v) is 1.57. The zero-order valence-electron chi connectivity index (χ0n) is 6.18. The van der Waals surface area contributed by atoms with Crippen LogP contribution >= 0.6 is 8.58 Å². The van der Waals surface area contributed by atoms with Crippen LogP contribution in [0.1, 0.15) is 13.3 Å². The van der Waals surface area contributed by atoms with Crippen molar-refractivity contribution in [3.8, 4) is 0 Å². The van der Waals surface area contributed by atoms with Crippen LogP contribution in [-0.2, 0) is 9.53 Å². The minimum atomic E-state index is -0.123.